The monoisotopic (exact) mass is 254 g/mol. The highest BCUT2D eigenvalue weighted by Gasteiger charge is 2.02. The maximum absolute atomic E-state index is 11.8. The summed E-state index contributed by atoms with van der Waals surface area (Å²) in [5, 5.41) is 15.8. The fourth-order valence-corrected chi connectivity index (χ4v) is 1.83. The van der Waals surface area contributed by atoms with Gasteiger partial charge in [-0.2, -0.15) is 0 Å². The van der Waals surface area contributed by atoms with E-state index in [1.807, 2.05) is 42.5 Å². The van der Waals surface area contributed by atoms with Gasteiger partial charge in [0.2, 0.25) is 5.69 Å². The lowest BCUT2D eigenvalue weighted by Crippen LogP contribution is -1.89. The maximum Gasteiger partial charge on any atom is 0.244 e. The Morgan fingerprint density at radius 2 is 1.68 bits per heavy atom. The Kier molecular flexibility index (Phi) is 4.67. The molecule has 0 spiro atoms. The van der Waals surface area contributed by atoms with Crippen LogP contribution in [0.3, 0.4) is 0 Å². The van der Waals surface area contributed by atoms with Crippen molar-refractivity contribution < 1.29 is 4.86 Å². The molecule has 0 N–H and O–H groups in total. The van der Waals surface area contributed by atoms with Crippen LogP contribution in [-0.2, 0) is 6.42 Å². The van der Waals surface area contributed by atoms with Crippen LogP contribution in [0.4, 0.5) is 11.4 Å². The molecular formula is C16H18N2O. The zero-order chi connectivity index (χ0) is 13.5. The number of para-hydroxylation sites is 1. The molecule has 0 aliphatic carbocycles. The minimum absolute atomic E-state index is 0.539. The summed E-state index contributed by atoms with van der Waals surface area (Å²) in [6, 6.07) is 16.9. The van der Waals surface area contributed by atoms with E-state index in [1.54, 1.807) is 12.1 Å². The largest absolute Gasteiger partial charge is 0.594 e. The molecule has 0 unspecified atom stereocenters. The first-order valence-electron chi connectivity index (χ1n) is 6.62. The van der Waals surface area contributed by atoms with Crippen molar-refractivity contribution in [3.8, 4) is 0 Å². The van der Waals surface area contributed by atoms with E-state index in [4.69, 9.17) is 0 Å². The number of nitrogens with zero attached hydrogens (tertiary/aromatic N) is 2. The van der Waals surface area contributed by atoms with E-state index in [-0.39, 0.29) is 0 Å². The van der Waals surface area contributed by atoms with Crippen LogP contribution >= 0.6 is 0 Å². The number of rotatable bonds is 5. The molecule has 0 aliphatic rings. The summed E-state index contributed by atoms with van der Waals surface area (Å²) < 4.78 is 0. The number of aryl methyl sites for hydroxylation is 1. The van der Waals surface area contributed by atoms with Gasteiger partial charge in [-0.1, -0.05) is 48.5 Å². The number of hydrogen-bond acceptors (Lipinski definition) is 2. The first-order chi connectivity index (χ1) is 9.29. The number of benzene rings is 2. The third-order valence-electron chi connectivity index (χ3n) is 2.94. The third-order valence-corrected chi connectivity index (χ3v) is 2.94. The lowest BCUT2D eigenvalue weighted by Gasteiger charge is -2.01. The number of hydrogen-bond donors (Lipinski definition) is 0. The Labute approximate surface area is 113 Å². The fourth-order valence-electron chi connectivity index (χ4n) is 1.83. The molecule has 0 saturated carbocycles. The highest BCUT2D eigenvalue weighted by atomic mass is 16.5. The van der Waals surface area contributed by atoms with Gasteiger partial charge < -0.3 is 5.21 Å². The van der Waals surface area contributed by atoms with Gasteiger partial charge in [0, 0.05) is 17.2 Å². The van der Waals surface area contributed by atoms with E-state index in [0.29, 0.717) is 16.2 Å². The molecule has 2 rings (SSSR count). The lowest BCUT2D eigenvalue weighted by molar-refractivity contribution is -0.435. The molecule has 0 radical (unpaired) electrons. The summed E-state index contributed by atoms with van der Waals surface area (Å²) in [6.45, 7) is 2.18. The van der Waals surface area contributed by atoms with Gasteiger partial charge >= 0.3 is 0 Å². The Bertz CT molecular complexity index is 532. The van der Waals surface area contributed by atoms with Crippen molar-refractivity contribution in [2.24, 2.45) is 5.11 Å². The highest BCUT2D eigenvalue weighted by Crippen LogP contribution is 2.18. The summed E-state index contributed by atoms with van der Waals surface area (Å²) in [4.78, 5) is 0.654. The van der Waals surface area contributed by atoms with Gasteiger partial charge in [-0.25, -0.2) is 0 Å². The van der Waals surface area contributed by atoms with Gasteiger partial charge in [-0.05, 0) is 30.5 Å². The van der Waals surface area contributed by atoms with E-state index >= 15 is 0 Å². The first kappa shape index (κ1) is 13.3. The minimum atomic E-state index is 0.539. The van der Waals surface area contributed by atoms with Crippen LogP contribution in [0.1, 0.15) is 25.3 Å². The van der Waals surface area contributed by atoms with Crippen molar-refractivity contribution in [1.82, 2.24) is 0 Å². The molecule has 0 saturated heterocycles. The van der Waals surface area contributed by atoms with Gasteiger partial charge in [0.1, 0.15) is 5.69 Å². The molecular weight excluding hydrogens is 236 g/mol. The topological polar surface area (TPSA) is 38.4 Å². The SMILES string of the molecule is CCCCc1ccc(N=[N+]([O-])c2ccccc2)cc1. The highest BCUT2D eigenvalue weighted by molar-refractivity contribution is 5.38. The molecule has 98 valence electrons. The molecule has 19 heavy (non-hydrogen) atoms. The van der Waals surface area contributed by atoms with E-state index in [2.05, 4.69) is 12.0 Å². The summed E-state index contributed by atoms with van der Waals surface area (Å²) in [7, 11) is 0. The van der Waals surface area contributed by atoms with E-state index in [1.165, 1.54) is 18.4 Å². The van der Waals surface area contributed by atoms with E-state index in [9.17, 15) is 5.21 Å². The second kappa shape index (κ2) is 6.69. The molecule has 0 atom stereocenters. The van der Waals surface area contributed by atoms with Crippen LogP contribution < -0.4 is 0 Å². The Morgan fingerprint density at radius 3 is 2.32 bits per heavy atom. The second-order valence-corrected chi connectivity index (χ2v) is 4.48. The molecule has 0 amide bonds. The van der Waals surface area contributed by atoms with Crippen LogP contribution in [0.5, 0.6) is 0 Å². The zero-order valence-electron chi connectivity index (χ0n) is 11.1. The Morgan fingerprint density at radius 1 is 1.00 bits per heavy atom. The molecule has 2 aromatic carbocycles. The molecule has 0 bridgehead atoms. The average Bonchev–Trinajstić information content (AvgIpc) is 2.47. The van der Waals surface area contributed by atoms with Crippen molar-refractivity contribution in [2.45, 2.75) is 26.2 Å². The van der Waals surface area contributed by atoms with Gasteiger partial charge in [0.15, 0.2) is 0 Å². The van der Waals surface area contributed by atoms with Crippen LogP contribution in [0.15, 0.2) is 59.7 Å². The molecule has 0 aromatic heterocycles. The van der Waals surface area contributed by atoms with Crippen molar-refractivity contribution in [1.29, 1.82) is 0 Å². The molecule has 0 aliphatic heterocycles. The van der Waals surface area contributed by atoms with Gasteiger partial charge in [0.05, 0.1) is 0 Å². The van der Waals surface area contributed by atoms with Gasteiger partial charge in [-0.3, -0.25) is 0 Å². The second-order valence-electron chi connectivity index (χ2n) is 4.48. The number of azo groups is 1. The van der Waals surface area contributed by atoms with Crippen molar-refractivity contribution in [2.75, 3.05) is 0 Å². The third kappa shape index (κ3) is 3.91. The minimum Gasteiger partial charge on any atom is -0.594 e. The first-order valence-corrected chi connectivity index (χ1v) is 6.62. The summed E-state index contributed by atoms with van der Waals surface area (Å²) in [5.41, 5.74) is 2.51. The van der Waals surface area contributed by atoms with E-state index in [0.717, 1.165) is 6.42 Å². The Balaban J connectivity index is 2.10. The zero-order valence-corrected chi connectivity index (χ0v) is 11.1. The van der Waals surface area contributed by atoms with Gasteiger partial charge in [0.25, 0.3) is 0 Å². The smallest absolute Gasteiger partial charge is 0.244 e. The standard InChI is InChI=1S/C16H18N2O/c1-2-3-7-14-10-12-15(13-11-14)17-18(19)16-8-5-4-6-9-16/h4-6,8-13H,2-3,7H2,1H3. The summed E-state index contributed by atoms with van der Waals surface area (Å²) in [6.07, 6.45) is 3.46. The molecule has 3 nitrogen and oxygen atoms in total. The summed E-state index contributed by atoms with van der Waals surface area (Å²) in [5.74, 6) is 0. The van der Waals surface area contributed by atoms with Gasteiger partial charge in [-0.15, -0.1) is 0 Å². The number of unbranched alkanes of at least 4 members (excludes halogenated alkanes) is 1. The van der Waals surface area contributed by atoms with Crippen LogP contribution in [-0.4, -0.2) is 4.86 Å². The average molecular weight is 254 g/mol. The molecule has 3 heteroatoms. The summed E-state index contributed by atoms with van der Waals surface area (Å²) >= 11 is 0. The molecule has 0 fully saturated rings. The maximum atomic E-state index is 11.8. The Hall–Kier alpha value is -2.16. The fraction of sp³-hybridized carbons (Fsp3) is 0.250. The van der Waals surface area contributed by atoms with Crippen molar-refractivity contribution >= 4 is 11.4 Å². The van der Waals surface area contributed by atoms with Crippen molar-refractivity contribution in [3.05, 3.63) is 65.4 Å². The van der Waals surface area contributed by atoms with Crippen molar-refractivity contribution in [3.63, 3.8) is 0 Å². The normalized spacial score (nSPS) is 11.5. The molecule has 0 heterocycles. The lowest BCUT2D eigenvalue weighted by atomic mass is 10.1. The predicted octanol–water partition coefficient (Wildman–Crippen LogP) is 4.95. The van der Waals surface area contributed by atoms with E-state index < -0.39 is 0 Å². The van der Waals surface area contributed by atoms with Crippen LogP contribution in [0.25, 0.3) is 0 Å². The molecule has 2 aromatic rings. The predicted molar refractivity (Wildman–Crippen MR) is 76.9 cm³/mol. The van der Waals surface area contributed by atoms with Crippen LogP contribution in [0.2, 0.25) is 0 Å². The quantitative estimate of drug-likeness (QED) is 0.422. The van der Waals surface area contributed by atoms with Crippen LogP contribution in [0, 0.1) is 5.21 Å².